The first-order valence-corrected chi connectivity index (χ1v) is 13.9. The summed E-state index contributed by atoms with van der Waals surface area (Å²) < 4.78 is 10.5. The Balaban J connectivity index is 1.82. The highest BCUT2D eigenvalue weighted by Crippen LogP contribution is 2.12. The van der Waals surface area contributed by atoms with Gasteiger partial charge in [-0.2, -0.15) is 0 Å². The van der Waals surface area contributed by atoms with Gasteiger partial charge >= 0.3 is 12.1 Å². The lowest BCUT2D eigenvalue weighted by Gasteiger charge is -2.22. The molecule has 0 saturated heterocycles. The number of carbonyl (C=O) groups is 4. The molecular formula is C32H41N3O7. The molecule has 0 aliphatic heterocycles. The Bertz CT molecular complexity index is 1160. The highest BCUT2D eigenvalue weighted by atomic mass is 16.6. The maximum atomic E-state index is 12.9. The fourth-order valence-corrected chi connectivity index (χ4v) is 4.05. The second-order valence-electron chi connectivity index (χ2n) is 9.88. The summed E-state index contributed by atoms with van der Waals surface area (Å²) in [6.45, 7) is 8.59. The fourth-order valence-electron chi connectivity index (χ4n) is 4.05. The van der Waals surface area contributed by atoms with E-state index in [1.165, 1.54) is 6.08 Å². The summed E-state index contributed by atoms with van der Waals surface area (Å²) in [6, 6.07) is 16.5. The number of benzene rings is 2. The lowest BCUT2D eigenvalue weighted by Crippen LogP contribution is -2.45. The molecule has 0 heterocycles. The SMILES string of the molecule is C=CC[C@H](CC(=O)N[C@H](CO)Cc1ccccc1)C(=O)N[C@@H](C)COC(=O)[C@@H](CC=C)NC(=O)OCc1ccccc1. The molecule has 0 spiro atoms. The smallest absolute Gasteiger partial charge is 0.408 e. The molecule has 226 valence electrons. The first-order chi connectivity index (χ1) is 20.2. The molecule has 10 heteroatoms. The molecule has 2 aromatic rings. The number of nitrogens with one attached hydrogen (secondary N) is 3. The number of esters is 1. The van der Waals surface area contributed by atoms with Crippen LogP contribution in [0.2, 0.25) is 0 Å². The van der Waals surface area contributed by atoms with Gasteiger partial charge in [0.1, 0.15) is 19.3 Å². The van der Waals surface area contributed by atoms with Gasteiger partial charge in [-0.1, -0.05) is 72.8 Å². The quantitative estimate of drug-likeness (QED) is 0.157. The van der Waals surface area contributed by atoms with Gasteiger partial charge in [0.25, 0.3) is 0 Å². The molecule has 42 heavy (non-hydrogen) atoms. The third-order valence-electron chi connectivity index (χ3n) is 6.22. The summed E-state index contributed by atoms with van der Waals surface area (Å²) >= 11 is 0. The summed E-state index contributed by atoms with van der Waals surface area (Å²) in [6.07, 6.45) is 2.98. The fraction of sp³-hybridized carbons (Fsp3) is 0.375. The lowest BCUT2D eigenvalue weighted by atomic mass is 9.98. The second kappa shape index (κ2) is 18.8. The Morgan fingerprint density at radius 2 is 1.48 bits per heavy atom. The van der Waals surface area contributed by atoms with Crippen molar-refractivity contribution < 1.29 is 33.8 Å². The van der Waals surface area contributed by atoms with Crippen LogP contribution >= 0.6 is 0 Å². The van der Waals surface area contributed by atoms with E-state index in [2.05, 4.69) is 29.1 Å². The molecule has 0 unspecified atom stereocenters. The van der Waals surface area contributed by atoms with E-state index in [4.69, 9.17) is 9.47 Å². The topological polar surface area (TPSA) is 143 Å². The van der Waals surface area contributed by atoms with Gasteiger partial charge in [-0.25, -0.2) is 9.59 Å². The number of hydrogen-bond donors (Lipinski definition) is 4. The van der Waals surface area contributed by atoms with E-state index in [1.54, 1.807) is 13.0 Å². The van der Waals surface area contributed by atoms with Crippen molar-refractivity contribution >= 4 is 23.9 Å². The molecule has 0 fully saturated rings. The minimum atomic E-state index is -1.01. The number of alkyl carbamates (subject to hydrolysis) is 1. The van der Waals surface area contributed by atoms with Crippen LogP contribution in [0.25, 0.3) is 0 Å². The monoisotopic (exact) mass is 579 g/mol. The summed E-state index contributed by atoms with van der Waals surface area (Å²) in [5.41, 5.74) is 1.77. The average Bonchev–Trinajstić information content (AvgIpc) is 2.99. The standard InChI is InChI=1S/C32H41N3O7/c1-4-12-26(19-29(37)34-27(20-36)18-24-14-8-6-9-15-24)30(38)33-23(3)21-41-31(39)28(13-5-2)35-32(40)42-22-25-16-10-7-11-17-25/h4-11,14-17,23,26-28,36H,1-2,12-13,18-22H2,3H3,(H,33,38)(H,34,37)(H,35,40)/t23-,26+,27-,28+/m0/s1. The van der Waals surface area contributed by atoms with Crippen LogP contribution in [0.3, 0.4) is 0 Å². The van der Waals surface area contributed by atoms with Crippen molar-refractivity contribution in [1.29, 1.82) is 0 Å². The molecule has 4 atom stereocenters. The molecule has 10 nitrogen and oxygen atoms in total. The molecule has 4 N–H and O–H groups in total. The van der Waals surface area contributed by atoms with Crippen LogP contribution in [0.5, 0.6) is 0 Å². The summed E-state index contributed by atoms with van der Waals surface area (Å²) in [7, 11) is 0. The van der Waals surface area contributed by atoms with Crippen molar-refractivity contribution in [3.8, 4) is 0 Å². The lowest BCUT2D eigenvalue weighted by molar-refractivity contribution is -0.147. The largest absolute Gasteiger partial charge is 0.462 e. The van der Waals surface area contributed by atoms with Crippen molar-refractivity contribution in [2.45, 2.75) is 57.3 Å². The maximum absolute atomic E-state index is 12.9. The van der Waals surface area contributed by atoms with Gasteiger partial charge in [0, 0.05) is 6.42 Å². The molecule has 2 rings (SSSR count). The van der Waals surface area contributed by atoms with E-state index in [0.717, 1.165) is 11.1 Å². The molecule has 0 aliphatic rings. The highest BCUT2D eigenvalue weighted by Gasteiger charge is 2.26. The van der Waals surface area contributed by atoms with Crippen molar-refractivity contribution in [2.75, 3.05) is 13.2 Å². The minimum Gasteiger partial charge on any atom is -0.462 e. The zero-order chi connectivity index (χ0) is 30.7. The molecule has 2 aromatic carbocycles. The van der Waals surface area contributed by atoms with E-state index >= 15 is 0 Å². The van der Waals surface area contributed by atoms with E-state index < -0.39 is 42.0 Å². The van der Waals surface area contributed by atoms with Crippen LogP contribution in [0.4, 0.5) is 4.79 Å². The Kier molecular flexibility index (Phi) is 15.1. The Morgan fingerprint density at radius 3 is 2.07 bits per heavy atom. The van der Waals surface area contributed by atoms with Gasteiger partial charge in [0.2, 0.25) is 11.8 Å². The van der Waals surface area contributed by atoms with Crippen molar-refractivity contribution in [1.82, 2.24) is 16.0 Å². The predicted octanol–water partition coefficient (Wildman–Crippen LogP) is 3.21. The van der Waals surface area contributed by atoms with E-state index in [1.807, 2.05) is 60.7 Å². The maximum Gasteiger partial charge on any atom is 0.408 e. The Hall–Kier alpha value is -4.44. The second-order valence-corrected chi connectivity index (χ2v) is 9.88. The molecule has 0 bridgehead atoms. The van der Waals surface area contributed by atoms with Crippen molar-refractivity contribution in [3.63, 3.8) is 0 Å². The van der Waals surface area contributed by atoms with Gasteiger partial charge < -0.3 is 30.5 Å². The first kappa shape index (κ1) is 33.8. The van der Waals surface area contributed by atoms with Crippen molar-refractivity contribution in [2.24, 2.45) is 5.92 Å². The number of aliphatic hydroxyl groups is 1. The Morgan fingerprint density at radius 1 is 0.857 bits per heavy atom. The number of carbonyl (C=O) groups excluding carboxylic acids is 4. The molecule has 0 aliphatic carbocycles. The highest BCUT2D eigenvalue weighted by molar-refractivity contribution is 5.86. The van der Waals surface area contributed by atoms with Gasteiger partial charge in [-0.15, -0.1) is 13.2 Å². The molecular weight excluding hydrogens is 538 g/mol. The van der Waals surface area contributed by atoms with Crippen LogP contribution in [0.1, 0.15) is 37.3 Å². The molecule has 0 aromatic heterocycles. The van der Waals surface area contributed by atoms with Crippen LogP contribution in [0.15, 0.2) is 86.0 Å². The number of amides is 3. The van der Waals surface area contributed by atoms with Crippen molar-refractivity contribution in [3.05, 3.63) is 97.1 Å². The number of hydrogen-bond acceptors (Lipinski definition) is 7. The zero-order valence-corrected chi connectivity index (χ0v) is 24.0. The van der Waals surface area contributed by atoms with E-state index in [9.17, 15) is 24.3 Å². The normalized spacial score (nSPS) is 13.4. The molecule has 0 radical (unpaired) electrons. The number of allylic oxidation sites excluding steroid dienone is 1. The van der Waals surface area contributed by atoms with Crippen LogP contribution in [0, 0.1) is 5.92 Å². The van der Waals surface area contributed by atoms with Crippen LogP contribution in [-0.4, -0.2) is 60.3 Å². The number of rotatable bonds is 18. The summed E-state index contributed by atoms with van der Waals surface area (Å²) in [4.78, 5) is 50.5. The third kappa shape index (κ3) is 12.8. The van der Waals surface area contributed by atoms with Gasteiger partial charge in [0.15, 0.2) is 0 Å². The van der Waals surface area contributed by atoms with E-state index in [0.29, 0.717) is 6.42 Å². The van der Waals surface area contributed by atoms with Gasteiger partial charge in [0.05, 0.1) is 24.6 Å². The summed E-state index contributed by atoms with van der Waals surface area (Å²) in [5.74, 6) is -2.18. The van der Waals surface area contributed by atoms with Crippen LogP contribution in [-0.2, 0) is 36.9 Å². The van der Waals surface area contributed by atoms with Gasteiger partial charge in [-0.05, 0) is 37.3 Å². The molecule has 0 saturated carbocycles. The summed E-state index contributed by atoms with van der Waals surface area (Å²) in [5, 5.41) is 17.7. The first-order valence-electron chi connectivity index (χ1n) is 13.9. The van der Waals surface area contributed by atoms with Crippen LogP contribution < -0.4 is 16.0 Å². The van der Waals surface area contributed by atoms with Gasteiger partial charge in [-0.3, -0.25) is 9.59 Å². The number of ether oxygens (including phenoxy) is 2. The molecule has 3 amide bonds. The average molecular weight is 580 g/mol. The minimum absolute atomic E-state index is 0.0448. The Labute approximate surface area is 247 Å². The van der Waals surface area contributed by atoms with E-state index in [-0.39, 0.29) is 45.0 Å². The third-order valence-corrected chi connectivity index (χ3v) is 6.22. The number of aliphatic hydroxyl groups excluding tert-OH is 1. The predicted molar refractivity (Wildman–Crippen MR) is 159 cm³/mol. The zero-order valence-electron chi connectivity index (χ0n) is 24.0.